The first kappa shape index (κ1) is 17.3. The second-order valence-corrected chi connectivity index (χ2v) is 7.10. The second kappa shape index (κ2) is 7.62. The summed E-state index contributed by atoms with van der Waals surface area (Å²) in [6.45, 7) is 0. The van der Waals surface area contributed by atoms with E-state index in [0.717, 1.165) is 26.9 Å². The summed E-state index contributed by atoms with van der Waals surface area (Å²) in [5.74, 6) is 0.673. The van der Waals surface area contributed by atoms with E-state index in [9.17, 15) is 0 Å². The molecule has 0 aliphatic rings. The molecule has 0 spiro atoms. The molecule has 1 N–H and O–H groups in total. The zero-order valence-corrected chi connectivity index (χ0v) is 15.5. The monoisotopic (exact) mass is 389 g/mol. The van der Waals surface area contributed by atoms with Crippen LogP contribution in [0, 0.1) is 11.3 Å². The normalized spacial score (nSPS) is 10.5. The molecule has 5 nitrogen and oxygen atoms in total. The molecule has 0 aliphatic heterocycles. The van der Waals surface area contributed by atoms with E-state index in [1.165, 1.54) is 0 Å². The molecule has 3 heterocycles. The van der Waals surface area contributed by atoms with Crippen LogP contribution in [0.3, 0.4) is 0 Å². The quantitative estimate of drug-likeness (QED) is 0.518. The Morgan fingerprint density at radius 2 is 1.85 bits per heavy atom. The van der Waals surface area contributed by atoms with Crippen LogP contribution in [0.1, 0.15) is 5.69 Å². The van der Waals surface area contributed by atoms with Gasteiger partial charge < -0.3 is 4.98 Å². The number of halogens is 1. The van der Waals surface area contributed by atoms with Crippen molar-refractivity contribution in [2.75, 3.05) is 0 Å². The van der Waals surface area contributed by atoms with E-state index >= 15 is 0 Å². The van der Waals surface area contributed by atoms with Crippen LogP contribution in [0.2, 0.25) is 5.02 Å². The van der Waals surface area contributed by atoms with Gasteiger partial charge in [0.1, 0.15) is 28.2 Å². The molecule has 7 heteroatoms. The maximum atomic E-state index is 8.97. The molecule has 3 aromatic heterocycles. The smallest absolute Gasteiger partial charge is 0.157 e. The summed E-state index contributed by atoms with van der Waals surface area (Å²) in [4.78, 5) is 17.6. The number of nitriles is 1. The van der Waals surface area contributed by atoms with Gasteiger partial charge in [-0.1, -0.05) is 29.4 Å². The second-order valence-electron chi connectivity index (χ2n) is 5.58. The number of H-pyrrole nitrogens is 1. The zero-order valence-electron chi connectivity index (χ0n) is 13.9. The molecular formula is C20H12ClN5S. The van der Waals surface area contributed by atoms with Gasteiger partial charge in [0.25, 0.3) is 0 Å². The van der Waals surface area contributed by atoms with E-state index in [0.29, 0.717) is 16.5 Å². The van der Waals surface area contributed by atoms with Gasteiger partial charge in [-0.15, -0.1) is 0 Å². The molecule has 27 heavy (non-hydrogen) atoms. The van der Waals surface area contributed by atoms with Crippen LogP contribution >= 0.6 is 23.4 Å². The third-order valence-electron chi connectivity index (χ3n) is 3.76. The van der Waals surface area contributed by atoms with Crippen molar-refractivity contribution in [2.24, 2.45) is 0 Å². The Hall–Kier alpha value is -3.14. The zero-order chi connectivity index (χ0) is 18.6. The van der Waals surface area contributed by atoms with Crippen LogP contribution in [0.4, 0.5) is 0 Å². The molecule has 0 saturated carbocycles. The third kappa shape index (κ3) is 3.85. The molecule has 0 fully saturated rings. The van der Waals surface area contributed by atoms with Crippen molar-refractivity contribution in [3.8, 4) is 28.8 Å². The number of hydrogen-bond donors (Lipinski definition) is 1. The Morgan fingerprint density at radius 3 is 2.52 bits per heavy atom. The van der Waals surface area contributed by atoms with Crippen molar-refractivity contribution in [1.82, 2.24) is 19.9 Å². The van der Waals surface area contributed by atoms with Gasteiger partial charge in [0.15, 0.2) is 5.82 Å². The first-order valence-corrected chi connectivity index (χ1v) is 9.24. The molecular weight excluding hydrogens is 378 g/mol. The van der Waals surface area contributed by atoms with E-state index in [-0.39, 0.29) is 0 Å². The maximum absolute atomic E-state index is 8.97. The van der Waals surface area contributed by atoms with Gasteiger partial charge in [0.05, 0.1) is 0 Å². The lowest BCUT2D eigenvalue weighted by atomic mass is 10.2. The van der Waals surface area contributed by atoms with E-state index in [4.69, 9.17) is 21.8 Å². The van der Waals surface area contributed by atoms with Gasteiger partial charge >= 0.3 is 0 Å². The highest BCUT2D eigenvalue weighted by atomic mass is 35.5. The molecule has 0 radical (unpaired) electrons. The van der Waals surface area contributed by atoms with E-state index in [2.05, 4.69) is 15.0 Å². The number of nitrogens with one attached hydrogen (secondary N) is 1. The Bertz CT molecular complexity index is 1100. The van der Waals surface area contributed by atoms with Gasteiger partial charge in [0.2, 0.25) is 0 Å². The summed E-state index contributed by atoms with van der Waals surface area (Å²) in [6.07, 6.45) is 3.38. The van der Waals surface area contributed by atoms with Gasteiger partial charge in [-0.2, -0.15) is 5.26 Å². The van der Waals surface area contributed by atoms with Crippen molar-refractivity contribution in [1.29, 1.82) is 5.26 Å². The fourth-order valence-corrected chi connectivity index (χ4v) is 3.51. The Balaban J connectivity index is 1.78. The first-order valence-electron chi connectivity index (χ1n) is 8.04. The van der Waals surface area contributed by atoms with Gasteiger partial charge in [-0.05, 0) is 48.5 Å². The first-order chi connectivity index (χ1) is 13.2. The third-order valence-corrected chi connectivity index (χ3v) is 5.02. The number of benzene rings is 1. The number of aromatic nitrogens is 4. The van der Waals surface area contributed by atoms with Gasteiger partial charge in [-0.25, -0.2) is 9.97 Å². The summed E-state index contributed by atoms with van der Waals surface area (Å²) in [7, 11) is 0. The molecule has 0 atom stereocenters. The molecule has 0 saturated heterocycles. The molecule has 4 aromatic rings. The number of nitrogens with zero attached hydrogens (tertiary/aromatic N) is 4. The summed E-state index contributed by atoms with van der Waals surface area (Å²) in [6, 6.07) is 18.8. The fourth-order valence-electron chi connectivity index (χ4n) is 2.47. The summed E-state index contributed by atoms with van der Waals surface area (Å²) >= 11 is 7.53. The van der Waals surface area contributed by atoms with Crippen LogP contribution in [-0.2, 0) is 0 Å². The fraction of sp³-hybridized carbons (Fsp3) is 0. The number of hydrogen-bond acceptors (Lipinski definition) is 5. The Labute approximate surface area is 165 Å². The number of pyridine rings is 2. The Kier molecular flexibility index (Phi) is 4.88. The highest BCUT2D eigenvalue weighted by Crippen LogP contribution is 2.36. The molecule has 0 amide bonds. The van der Waals surface area contributed by atoms with Crippen molar-refractivity contribution in [3.63, 3.8) is 0 Å². The van der Waals surface area contributed by atoms with Gasteiger partial charge in [-0.3, -0.25) is 4.98 Å². The van der Waals surface area contributed by atoms with Crippen LogP contribution in [0.5, 0.6) is 0 Å². The van der Waals surface area contributed by atoms with Crippen molar-refractivity contribution in [2.45, 2.75) is 9.92 Å². The minimum Gasteiger partial charge on any atom is -0.331 e. The molecule has 0 unspecified atom stereocenters. The summed E-state index contributed by atoms with van der Waals surface area (Å²) in [5.41, 5.74) is 2.70. The minimum atomic E-state index is 0.367. The lowest BCUT2D eigenvalue weighted by Gasteiger charge is -2.03. The summed E-state index contributed by atoms with van der Waals surface area (Å²) < 4.78 is 0. The average Bonchev–Trinajstić information content (AvgIpc) is 3.14. The average molecular weight is 390 g/mol. The number of imidazole rings is 1. The SMILES string of the molecule is N#Cc1ccc(-c2nc(-c3ccccn3)[nH]c2Sc2ccc(Cl)cc2)cn1. The van der Waals surface area contributed by atoms with Crippen LogP contribution < -0.4 is 0 Å². The van der Waals surface area contributed by atoms with Gasteiger partial charge in [0, 0.05) is 27.9 Å². The standard InChI is InChI=1S/C20H12ClN5S/c21-14-5-8-16(9-6-14)27-20-18(13-4-7-15(11-22)24-12-13)25-19(26-20)17-3-1-2-10-23-17/h1-10,12H,(H,25,26). The van der Waals surface area contributed by atoms with Crippen molar-refractivity contribution < 1.29 is 0 Å². The highest BCUT2D eigenvalue weighted by Gasteiger charge is 2.16. The van der Waals surface area contributed by atoms with Crippen LogP contribution in [0.25, 0.3) is 22.8 Å². The molecule has 4 rings (SSSR count). The van der Waals surface area contributed by atoms with Crippen molar-refractivity contribution >= 4 is 23.4 Å². The topological polar surface area (TPSA) is 78.2 Å². The molecule has 1 aromatic carbocycles. The van der Waals surface area contributed by atoms with E-state index in [1.54, 1.807) is 30.2 Å². The summed E-state index contributed by atoms with van der Waals surface area (Å²) in [5, 5.41) is 10.5. The lowest BCUT2D eigenvalue weighted by Crippen LogP contribution is -1.86. The number of rotatable bonds is 4. The highest BCUT2D eigenvalue weighted by molar-refractivity contribution is 7.99. The van der Waals surface area contributed by atoms with Crippen LogP contribution in [0.15, 0.2) is 76.9 Å². The van der Waals surface area contributed by atoms with Crippen LogP contribution in [-0.4, -0.2) is 19.9 Å². The lowest BCUT2D eigenvalue weighted by molar-refractivity contribution is 1.17. The predicted octanol–water partition coefficient (Wildman–Crippen LogP) is 5.21. The largest absolute Gasteiger partial charge is 0.331 e. The maximum Gasteiger partial charge on any atom is 0.157 e. The molecule has 0 bridgehead atoms. The number of aromatic amines is 1. The molecule has 0 aliphatic carbocycles. The van der Waals surface area contributed by atoms with Crippen molar-refractivity contribution in [3.05, 3.63) is 77.7 Å². The molecule has 130 valence electrons. The minimum absolute atomic E-state index is 0.367. The van der Waals surface area contributed by atoms with E-state index in [1.807, 2.05) is 54.6 Å². The van der Waals surface area contributed by atoms with E-state index < -0.39 is 0 Å². The predicted molar refractivity (Wildman–Crippen MR) is 105 cm³/mol. The Morgan fingerprint density at radius 1 is 1.00 bits per heavy atom.